The van der Waals surface area contributed by atoms with Crippen LogP contribution in [-0.2, 0) is 11.3 Å². The van der Waals surface area contributed by atoms with Crippen molar-refractivity contribution in [3.8, 4) is 5.69 Å². The van der Waals surface area contributed by atoms with Gasteiger partial charge in [0.15, 0.2) is 0 Å². The molecule has 7 heteroatoms. The van der Waals surface area contributed by atoms with Crippen molar-refractivity contribution in [3.63, 3.8) is 0 Å². The normalized spacial score (nSPS) is 21.5. The maximum absolute atomic E-state index is 6.22. The van der Waals surface area contributed by atoms with Crippen LogP contribution in [0.1, 0.15) is 31.2 Å². The van der Waals surface area contributed by atoms with Gasteiger partial charge in [-0.25, -0.2) is 4.68 Å². The largest absolute Gasteiger partial charge is 0.375 e. The quantitative estimate of drug-likeness (QED) is 0.834. The molecular weight excluding hydrogens is 383 g/mol. The summed E-state index contributed by atoms with van der Waals surface area (Å²) >= 11 is 0. The predicted octanol–water partition coefficient (Wildman–Crippen LogP) is 3.45. The zero-order valence-electron chi connectivity index (χ0n) is 15.8. The molecule has 5 nitrogen and oxygen atoms in total. The van der Waals surface area contributed by atoms with E-state index in [4.69, 9.17) is 4.74 Å². The molecule has 2 fully saturated rings. The number of nitrogens with one attached hydrogen (secondary N) is 1. The lowest BCUT2D eigenvalue weighted by Crippen LogP contribution is -2.52. The summed E-state index contributed by atoms with van der Waals surface area (Å²) in [6.07, 6.45) is 8.38. The van der Waals surface area contributed by atoms with Crippen molar-refractivity contribution in [2.45, 2.75) is 43.9 Å². The number of hydrogen-bond donors (Lipinski definition) is 1. The molecule has 1 unspecified atom stereocenters. The predicted molar refractivity (Wildman–Crippen MR) is 113 cm³/mol. The Morgan fingerprint density at radius 2 is 1.96 bits per heavy atom. The third kappa shape index (κ3) is 5.24. The molecule has 1 aromatic heterocycles. The summed E-state index contributed by atoms with van der Waals surface area (Å²) in [5.74, 6) is 0. The van der Waals surface area contributed by atoms with Crippen molar-refractivity contribution >= 4 is 24.8 Å². The maximum atomic E-state index is 6.22. The van der Waals surface area contributed by atoms with Gasteiger partial charge in [-0.15, -0.1) is 24.8 Å². The van der Waals surface area contributed by atoms with Crippen molar-refractivity contribution < 1.29 is 4.74 Å². The van der Waals surface area contributed by atoms with E-state index in [-0.39, 0.29) is 30.4 Å². The fourth-order valence-corrected chi connectivity index (χ4v) is 4.20. The second kappa shape index (κ2) is 9.89. The summed E-state index contributed by atoms with van der Waals surface area (Å²) in [5.41, 5.74) is 2.58. The van der Waals surface area contributed by atoms with Gasteiger partial charge in [-0.05, 0) is 69.6 Å². The lowest BCUT2D eigenvalue weighted by Gasteiger charge is -2.46. The SMILES string of the molecule is CN(Cc1ccc(-n2cccn2)cc1)C1CCOC2(CCNCC2)C1.Cl.Cl. The maximum Gasteiger partial charge on any atom is 0.0721 e. The lowest BCUT2D eigenvalue weighted by atomic mass is 9.82. The van der Waals surface area contributed by atoms with E-state index in [2.05, 4.69) is 46.6 Å². The highest BCUT2D eigenvalue weighted by molar-refractivity contribution is 5.85. The van der Waals surface area contributed by atoms with Crippen LogP contribution >= 0.6 is 24.8 Å². The fraction of sp³-hybridized carbons (Fsp3) is 0.550. The van der Waals surface area contributed by atoms with Gasteiger partial charge in [-0.1, -0.05) is 12.1 Å². The van der Waals surface area contributed by atoms with E-state index in [9.17, 15) is 0 Å². The molecule has 1 aromatic carbocycles. The first-order chi connectivity index (χ1) is 12.2. The van der Waals surface area contributed by atoms with Crippen LogP contribution in [0.3, 0.4) is 0 Å². The fourth-order valence-electron chi connectivity index (χ4n) is 4.20. The minimum absolute atomic E-state index is 0. The third-order valence-electron chi connectivity index (χ3n) is 5.74. The summed E-state index contributed by atoms with van der Waals surface area (Å²) < 4.78 is 8.11. The summed E-state index contributed by atoms with van der Waals surface area (Å²) in [4.78, 5) is 2.51. The first kappa shape index (κ1) is 22.2. The minimum Gasteiger partial charge on any atom is -0.375 e. The van der Waals surface area contributed by atoms with Gasteiger partial charge in [0.25, 0.3) is 0 Å². The van der Waals surface area contributed by atoms with Crippen molar-refractivity contribution in [1.82, 2.24) is 20.0 Å². The first-order valence-corrected chi connectivity index (χ1v) is 9.38. The van der Waals surface area contributed by atoms with Gasteiger partial charge in [0.05, 0.1) is 11.3 Å². The Bertz CT molecular complexity index is 666. The molecule has 2 aliphatic rings. The van der Waals surface area contributed by atoms with Gasteiger partial charge in [0.1, 0.15) is 0 Å². The number of hydrogen-bond acceptors (Lipinski definition) is 4. The molecule has 1 spiro atoms. The van der Waals surface area contributed by atoms with Gasteiger partial charge in [-0.3, -0.25) is 4.90 Å². The number of nitrogens with zero attached hydrogens (tertiary/aromatic N) is 3. The van der Waals surface area contributed by atoms with Crippen LogP contribution in [0, 0.1) is 0 Å². The molecule has 0 radical (unpaired) electrons. The topological polar surface area (TPSA) is 42.3 Å². The van der Waals surface area contributed by atoms with E-state index in [1.54, 1.807) is 0 Å². The molecule has 4 rings (SSSR count). The molecule has 3 heterocycles. The summed E-state index contributed by atoms with van der Waals surface area (Å²) in [7, 11) is 2.26. The van der Waals surface area contributed by atoms with Crippen LogP contribution in [0.15, 0.2) is 42.7 Å². The smallest absolute Gasteiger partial charge is 0.0721 e. The Hall–Kier alpha value is -1.11. The molecule has 2 aliphatic heterocycles. The zero-order valence-corrected chi connectivity index (χ0v) is 17.5. The van der Waals surface area contributed by atoms with Crippen molar-refractivity contribution in [1.29, 1.82) is 0 Å². The van der Waals surface area contributed by atoms with Crippen LogP contribution in [0.4, 0.5) is 0 Å². The number of ether oxygens (including phenoxy) is 1. The van der Waals surface area contributed by atoms with Crippen LogP contribution < -0.4 is 5.32 Å². The molecule has 0 bridgehead atoms. The Kier molecular flexibility index (Phi) is 8.13. The number of piperidine rings is 1. The number of benzene rings is 1. The molecule has 0 aliphatic carbocycles. The average Bonchev–Trinajstić information content (AvgIpc) is 3.18. The highest BCUT2D eigenvalue weighted by atomic mass is 35.5. The summed E-state index contributed by atoms with van der Waals surface area (Å²) in [6.45, 7) is 4.06. The van der Waals surface area contributed by atoms with E-state index in [0.717, 1.165) is 57.6 Å². The van der Waals surface area contributed by atoms with E-state index < -0.39 is 0 Å². The third-order valence-corrected chi connectivity index (χ3v) is 5.74. The van der Waals surface area contributed by atoms with E-state index in [1.807, 2.05) is 23.1 Å². The molecular formula is C20H30Cl2N4O. The van der Waals surface area contributed by atoms with Crippen LogP contribution in [0.5, 0.6) is 0 Å². The van der Waals surface area contributed by atoms with Crippen LogP contribution in [0.25, 0.3) is 5.69 Å². The highest BCUT2D eigenvalue weighted by Gasteiger charge is 2.39. The zero-order chi connectivity index (χ0) is 17.1. The van der Waals surface area contributed by atoms with Gasteiger partial charge in [0.2, 0.25) is 0 Å². The molecule has 2 saturated heterocycles. The molecule has 0 saturated carbocycles. The Labute approximate surface area is 174 Å². The van der Waals surface area contributed by atoms with Crippen LogP contribution in [-0.4, -0.2) is 53.1 Å². The van der Waals surface area contributed by atoms with Gasteiger partial charge >= 0.3 is 0 Å². The van der Waals surface area contributed by atoms with Crippen molar-refractivity contribution in [3.05, 3.63) is 48.3 Å². The minimum atomic E-state index is 0. The standard InChI is InChI=1S/C20H28N4O.2ClH/c1-23(19-7-14-25-20(15-19)8-11-21-12-9-20)16-17-3-5-18(6-4-17)24-13-2-10-22-24;;/h2-6,10,13,19,21H,7-9,11-12,14-16H2,1H3;2*1H. The average molecular weight is 413 g/mol. The second-order valence-electron chi connectivity index (χ2n) is 7.46. The Balaban J connectivity index is 0.00000131. The lowest BCUT2D eigenvalue weighted by molar-refractivity contribution is -0.119. The molecule has 1 N–H and O–H groups in total. The van der Waals surface area contributed by atoms with Crippen molar-refractivity contribution in [2.75, 3.05) is 26.7 Å². The monoisotopic (exact) mass is 412 g/mol. The number of rotatable bonds is 4. The Morgan fingerprint density at radius 3 is 2.63 bits per heavy atom. The molecule has 2 aromatic rings. The van der Waals surface area contributed by atoms with Gasteiger partial charge in [-0.2, -0.15) is 5.10 Å². The molecule has 27 heavy (non-hydrogen) atoms. The number of aromatic nitrogens is 2. The molecule has 1 atom stereocenters. The highest BCUT2D eigenvalue weighted by Crippen LogP contribution is 2.35. The molecule has 150 valence electrons. The van der Waals surface area contributed by atoms with E-state index in [0.29, 0.717) is 6.04 Å². The Morgan fingerprint density at radius 1 is 1.22 bits per heavy atom. The summed E-state index contributed by atoms with van der Waals surface area (Å²) in [5, 5.41) is 7.74. The van der Waals surface area contributed by atoms with E-state index >= 15 is 0 Å². The summed E-state index contributed by atoms with van der Waals surface area (Å²) in [6, 6.07) is 11.3. The first-order valence-electron chi connectivity index (χ1n) is 9.38. The van der Waals surface area contributed by atoms with Crippen LogP contribution in [0.2, 0.25) is 0 Å². The van der Waals surface area contributed by atoms with Gasteiger partial charge < -0.3 is 10.1 Å². The number of halogens is 2. The van der Waals surface area contributed by atoms with E-state index in [1.165, 1.54) is 5.56 Å². The second-order valence-corrected chi connectivity index (χ2v) is 7.46. The molecule has 0 amide bonds. The van der Waals surface area contributed by atoms with Gasteiger partial charge in [0, 0.05) is 31.6 Å². The van der Waals surface area contributed by atoms with Crippen molar-refractivity contribution in [2.24, 2.45) is 0 Å².